The van der Waals surface area contributed by atoms with Crippen molar-refractivity contribution in [3.05, 3.63) is 52.9 Å². The molecule has 3 aromatic rings. The SMILES string of the molecule is CCO/N=C(\C(=O)N[C@@H]1C(=O)N2C(C(=O)[O-])=C(C[n+]3ccn4c(NCCN)cccc43)CS[C@H]12)c1csc(N)n1. The number of thioether (sulfide) groups is 1. The van der Waals surface area contributed by atoms with Crippen LogP contribution in [0.5, 0.6) is 0 Å². The second-order valence-electron chi connectivity index (χ2n) is 8.81. The molecule has 1 fully saturated rings. The molecule has 0 radical (unpaired) electrons. The molecule has 0 unspecified atom stereocenters. The number of pyridine rings is 1. The molecular weight excluding hydrogens is 558 g/mol. The molecule has 5 rings (SSSR count). The first kappa shape index (κ1) is 27.4. The van der Waals surface area contributed by atoms with Gasteiger partial charge in [-0.25, -0.2) is 9.55 Å². The van der Waals surface area contributed by atoms with Crippen molar-refractivity contribution < 1.29 is 28.9 Å². The molecule has 2 amide bonds. The summed E-state index contributed by atoms with van der Waals surface area (Å²) < 4.78 is 3.83. The maximum Gasteiger partial charge on any atom is 0.288 e. The minimum absolute atomic E-state index is 0.129. The van der Waals surface area contributed by atoms with Crippen molar-refractivity contribution in [1.82, 2.24) is 19.6 Å². The van der Waals surface area contributed by atoms with E-state index in [1.54, 1.807) is 12.3 Å². The molecule has 1 saturated heterocycles. The maximum atomic E-state index is 13.2. The number of anilines is 2. The zero-order valence-corrected chi connectivity index (χ0v) is 23.0. The van der Waals surface area contributed by atoms with Crippen LogP contribution < -0.4 is 31.8 Å². The number of imidazole rings is 1. The molecule has 16 heteroatoms. The highest BCUT2D eigenvalue weighted by atomic mass is 32.2. The number of nitrogens with zero attached hydrogens (tertiary/aromatic N) is 5. The Bertz CT molecular complexity index is 1530. The van der Waals surface area contributed by atoms with Crippen molar-refractivity contribution in [1.29, 1.82) is 0 Å². The highest BCUT2D eigenvalue weighted by Gasteiger charge is 2.53. The summed E-state index contributed by atoms with van der Waals surface area (Å²) in [6.07, 6.45) is 3.70. The number of hydrogen-bond acceptors (Lipinski definition) is 12. The number of amides is 2. The van der Waals surface area contributed by atoms with E-state index in [9.17, 15) is 19.5 Å². The Kier molecular flexibility index (Phi) is 7.90. The van der Waals surface area contributed by atoms with E-state index in [1.807, 2.05) is 39.6 Å². The fourth-order valence-corrected chi connectivity index (χ4v) is 6.42. The van der Waals surface area contributed by atoms with Crippen LogP contribution in [0.1, 0.15) is 12.6 Å². The maximum absolute atomic E-state index is 13.2. The minimum atomic E-state index is -1.45. The molecule has 0 bridgehead atoms. The number of carboxylic acid groups (broad SMARTS) is 1. The molecule has 0 aliphatic carbocycles. The van der Waals surface area contributed by atoms with E-state index in [1.165, 1.54) is 16.7 Å². The summed E-state index contributed by atoms with van der Waals surface area (Å²) >= 11 is 2.49. The Labute approximate surface area is 236 Å². The van der Waals surface area contributed by atoms with Gasteiger partial charge in [-0.3, -0.25) is 14.5 Å². The van der Waals surface area contributed by atoms with Crippen molar-refractivity contribution in [3.8, 4) is 0 Å². The molecule has 2 aliphatic heterocycles. The van der Waals surface area contributed by atoms with E-state index >= 15 is 0 Å². The smallest absolute Gasteiger partial charge is 0.288 e. The number of hydrogen-bond donors (Lipinski definition) is 4. The number of aliphatic carboxylic acids is 1. The largest absolute Gasteiger partial charge is 0.543 e. The van der Waals surface area contributed by atoms with E-state index in [-0.39, 0.29) is 35.4 Å². The van der Waals surface area contributed by atoms with E-state index in [0.29, 0.717) is 24.4 Å². The van der Waals surface area contributed by atoms with Crippen LogP contribution in [0, 0.1) is 0 Å². The molecular formula is C24H27N9O5S2. The number of fused-ring (bicyclic) bond motifs is 2. The summed E-state index contributed by atoms with van der Waals surface area (Å²) in [5.74, 6) is -1.53. The molecule has 6 N–H and O–H groups in total. The molecule has 3 aromatic heterocycles. The van der Waals surface area contributed by atoms with Crippen LogP contribution in [0.4, 0.5) is 10.9 Å². The second-order valence-corrected chi connectivity index (χ2v) is 10.8. The first-order valence-corrected chi connectivity index (χ1v) is 14.3. The number of β-lactam (4-membered cyclic amide) rings is 1. The summed E-state index contributed by atoms with van der Waals surface area (Å²) in [6.45, 7) is 3.23. The molecule has 40 heavy (non-hydrogen) atoms. The van der Waals surface area contributed by atoms with Gasteiger partial charge >= 0.3 is 0 Å². The Morgan fingerprint density at radius 2 is 2.20 bits per heavy atom. The van der Waals surface area contributed by atoms with Gasteiger partial charge in [-0.1, -0.05) is 5.16 Å². The van der Waals surface area contributed by atoms with Crippen LogP contribution in [0.3, 0.4) is 0 Å². The Hall–Kier alpha value is -4.15. The number of carboxylic acids is 1. The van der Waals surface area contributed by atoms with Gasteiger partial charge in [-0.05, 0) is 13.0 Å². The standard InChI is InChI=1S/C24H27N9O5S2/c1-2-38-30-17(14-12-40-24(26)28-14)20(34)29-18-21(35)33-19(23(36)37)13(11-39-22(18)33)10-31-8-9-32-15(27-7-6-25)4-3-5-16(31)32/h3-5,8-9,12,18,22H,2,6-7,10-11,25H2,1H3,(H4,26,28,29,34,36,37)/b30-17-/t18-,22-/m1/s1. The van der Waals surface area contributed by atoms with Gasteiger partial charge in [0.1, 0.15) is 42.7 Å². The van der Waals surface area contributed by atoms with E-state index in [4.69, 9.17) is 16.3 Å². The number of rotatable bonds is 11. The number of nitrogens with one attached hydrogen (secondary N) is 2. The van der Waals surface area contributed by atoms with Crippen molar-refractivity contribution >= 4 is 63.2 Å². The molecule has 14 nitrogen and oxygen atoms in total. The van der Waals surface area contributed by atoms with Crippen LogP contribution in [0.15, 0.2) is 52.4 Å². The third kappa shape index (κ3) is 5.07. The predicted octanol–water partition coefficient (Wildman–Crippen LogP) is -1.52. The summed E-state index contributed by atoms with van der Waals surface area (Å²) in [6, 6.07) is 4.75. The minimum Gasteiger partial charge on any atom is -0.543 e. The van der Waals surface area contributed by atoms with Gasteiger partial charge in [0.25, 0.3) is 17.5 Å². The molecule has 2 aliphatic rings. The monoisotopic (exact) mass is 585 g/mol. The van der Waals surface area contributed by atoms with Crippen LogP contribution in [-0.2, 0) is 25.8 Å². The number of aromatic nitrogens is 3. The molecule has 0 aromatic carbocycles. The number of nitrogen functional groups attached to an aromatic ring is 1. The van der Waals surface area contributed by atoms with Gasteiger partial charge in [0, 0.05) is 41.9 Å². The highest BCUT2D eigenvalue weighted by Crippen LogP contribution is 2.40. The van der Waals surface area contributed by atoms with Gasteiger partial charge in [0.2, 0.25) is 0 Å². The highest BCUT2D eigenvalue weighted by molar-refractivity contribution is 8.00. The van der Waals surface area contributed by atoms with Gasteiger partial charge in [0.05, 0.1) is 11.7 Å². The van der Waals surface area contributed by atoms with Crippen molar-refractivity contribution in [2.75, 3.05) is 36.5 Å². The Morgan fingerprint density at radius 1 is 1.38 bits per heavy atom. The zero-order valence-electron chi connectivity index (χ0n) is 21.4. The number of oxime groups is 1. The molecule has 2 atom stereocenters. The third-order valence-corrected chi connectivity index (χ3v) is 8.31. The zero-order chi connectivity index (χ0) is 28.4. The summed E-state index contributed by atoms with van der Waals surface area (Å²) in [7, 11) is 0. The number of carbonyl (C=O) groups is 3. The quantitative estimate of drug-likeness (QED) is 0.0888. The third-order valence-electron chi connectivity index (χ3n) is 6.30. The first-order valence-electron chi connectivity index (χ1n) is 12.4. The summed E-state index contributed by atoms with van der Waals surface area (Å²) in [5.41, 5.74) is 12.6. The Balaban J connectivity index is 1.36. The summed E-state index contributed by atoms with van der Waals surface area (Å²) in [5, 5.41) is 23.2. The van der Waals surface area contributed by atoms with Gasteiger partial charge in [-0.2, -0.15) is 4.40 Å². The van der Waals surface area contributed by atoms with Gasteiger partial charge in [-0.15, -0.1) is 23.1 Å². The lowest BCUT2D eigenvalue weighted by atomic mass is 10.0. The van der Waals surface area contributed by atoms with Crippen LogP contribution in [0.25, 0.3) is 5.65 Å². The van der Waals surface area contributed by atoms with Crippen LogP contribution >= 0.6 is 23.1 Å². The van der Waals surface area contributed by atoms with Crippen molar-refractivity contribution in [2.45, 2.75) is 24.9 Å². The van der Waals surface area contributed by atoms with E-state index in [2.05, 4.69) is 20.8 Å². The molecule has 0 spiro atoms. The topological polar surface area (TPSA) is 196 Å². The fraction of sp³-hybridized carbons (Fsp3) is 0.333. The lowest BCUT2D eigenvalue weighted by molar-refractivity contribution is -0.662. The van der Waals surface area contributed by atoms with Crippen LogP contribution in [-0.4, -0.2) is 74.6 Å². The molecule has 210 valence electrons. The van der Waals surface area contributed by atoms with Crippen molar-refractivity contribution in [2.24, 2.45) is 10.9 Å². The van der Waals surface area contributed by atoms with Gasteiger partial charge in [0.15, 0.2) is 16.7 Å². The predicted molar refractivity (Wildman–Crippen MR) is 147 cm³/mol. The Morgan fingerprint density at radius 3 is 2.90 bits per heavy atom. The average molecular weight is 586 g/mol. The number of carbonyl (C=O) groups excluding carboxylic acids is 3. The van der Waals surface area contributed by atoms with E-state index < -0.39 is 29.2 Å². The normalized spacial score (nSPS) is 18.9. The lowest BCUT2D eigenvalue weighted by Crippen LogP contribution is -2.71. The fourth-order valence-electron chi connectivity index (χ4n) is 4.54. The van der Waals surface area contributed by atoms with E-state index in [0.717, 1.165) is 22.8 Å². The van der Waals surface area contributed by atoms with Crippen LogP contribution in [0.2, 0.25) is 0 Å². The summed E-state index contributed by atoms with van der Waals surface area (Å²) in [4.78, 5) is 48.8. The van der Waals surface area contributed by atoms with Gasteiger partial charge < -0.3 is 36.8 Å². The lowest BCUT2D eigenvalue weighted by Gasteiger charge is -2.50. The molecule has 0 saturated carbocycles. The van der Waals surface area contributed by atoms with Crippen molar-refractivity contribution in [3.63, 3.8) is 0 Å². The number of thiazole rings is 1. The first-order chi connectivity index (χ1) is 19.3. The molecule has 5 heterocycles. The second kappa shape index (κ2) is 11.5. The number of nitrogens with two attached hydrogens (primary N) is 2. The average Bonchev–Trinajstić information content (AvgIpc) is 3.56.